The minimum Gasteiger partial charge on any atom is -0.381 e. The molecular formula is C9H17N3O2. The third-order valence-electron chi connectivity index (χ3n) is 3.23. The highest BCUT2D eigenvalue weighted by molar-refractivity contribution is 5.77. The predicted octanol–water partition coefficient (Wildman–Crippen LogP) is -0.480. The molecule has 2 fully saturated rings. The molecular weight excluding hydrogens is 182 g/mol. The monoisotopic (exact) mass is 199 g/mol. The molecule has 0 spiro atoms. The van der Waals surface area contributed by atoms with Gasteiger partial charge < -0.3 is 20.7 Å². The number of nitrogens with zero attached hydrogens (tertiary/aromatic N) is 1. The van der Waals surface area contributed by atoms with Gasteiger partial charge in [-0.1, -0.05) is 0 Å². The summed E-state index contributed by atoms with van der Waals surface area (Å²) in [6.07, 6.45) is 1.72. The third kappa shape index (κ3) is 1.46. The zero-order chi connectivity index (χ0) is 10.0. The first-order chi connectivity index (χ1) is 6.78. The van der Waals surface area contributed by atoms with Gasteiger partial charge >= 0.3 is 6.03 Å². The number of carbonyl (C=O) groups is 1. The van der Waals surface area contributed by atoms with E-state index in [2.05, 4.69) is 5.32 Å². The van der Waals surface area contributed by atoms with Gasteiger partial charge in [0.15, 0.2) is 0 Å². The number of amides is 2. The van der Waals surface area contributed by atoms with E-state index in [0.29, 0.717) is 19.8 Å². The SMILES string of the molecule is NCC1(N2CCNC2=O)CCOCC1. The van der Waals surface area contributed by atoms with Crippen LogP contribution >= 0.6 is 0 Å². The van der Waals surface area contributed by atoms with Crippen molar-refractivity contribution in [3.63, 3.8) is 0 Å². The summed E-state index contributed by atoms with van der Waals surface area (Å²) in [5.41, 5.74) is 5.65. The Morgan fingerprint density at radius 2 is 2.21 bits per heavy atom. The number of carbonyl (C=O) groups excluding carboxylic acids is 1. The van der Waals surface area contributed by atoms with Gasteiger partial charge in [0.1, 0.15) is 0 Å². The largest absolute Gasteiger partial charge is 0.381 e. The summed E-state index contributed by atoms with van der Waals surface area (Å²) >= 11 is 0. The number of hydrogen-bond donors (Lipinski definition) is 2. The fraction of sp³-hybridized carbons (Fsp3) is 0.889. The molecule has 5 heteroatoms. The van der Waals surface area contributed by atoms with Crippen molar-refractivity contribution >= 4 is 6.03 Å². The van der Waals surface area contributed by atoms with Crippen LogP contribution in [0.5, 0.6) is 0 Å². The maximum absolute atomic E-state index is 11.6. The molecule has 2 aliphatic rings. The average molecular weight is 199 g/mol. The molecule has 0 aliphatic carbocycles. The van der Waals surface area contributed by atoms with Crippen LogP contribution in [0.4, 0.5) is 4.79 Å². The Bertz CT molecular complexity index is 226. The number of urea groups is 1. The van der Waals surface area contributed by atoms with Crippen molar-refractivity contribution in [1.82, 2.24) is 10.2 Å². The van der Waals surface area contributed by atoms with Gasteiger partial charge in [-0.25, -0.2) is 4.79 Å². The van der Waals surface area contributed by atoms with Crippen molar-refractivity contribution in [3.8, 4) is 0 Å². The van der Waals surface area contributed by atoms with E-state index in [1.807, 2.05) is 4.90 Å². The number of nitrogens with one attached hydrogen (secondary N) is 1. The van der Waals surface area contributed by atoms with Gasteiger partial charge in [-0.15, -0.1) is 0 Å². The van der Waals surface area contributed by atoms with Crippen molar-refractivity contribution in [2.45, 2.75) is 18.4 Å². The number of nitrogens with two attached hydrogens (primary N) is 1. The van der Waals surface area contributed by atoms with Crippen LogP contribution in [0.25, 0.3) is 0 Å². The van der Waals surface area contributed by atoms with E-state index in [-0.39, 0.29) is 11.6 Å². The van der Waals surface area contributed by atoms with E-state index in [1.165, 1.54) is 0 Å². The van der Waals surface area contributed by atoms with Gasteiger partial charge in [-0.2, -0.15) is 0 Å². The Morgan fingerprint density at radius 1 is 1.50 bits per heavy atom. The topological polar surface area (TPSA) is 67.6 Å². The Morgan fingerprint density at radius 3 is 2.71 bits per heavy atom. The fourth-order valence-corrected chi connectivity index (χ4v) is 2.26. The van der Waals surface area contributed by atoms with Crippen LogP contribution in [0.15, 0.2) is 0 Å². The van der Waals surface area contributed by atoms with E-state index < -0.39 is 0 Å². The van der Waals surface area contributed by atoms with E-state index >= 15 is 0 Å². The summed E-state index contributed by atoms with van der Waals surface area (Å²) in [5.74, 6) is 0. The highest BCUT2D eigenvalue weighted by Crippen LogP contribution is 2.28. The smallest absolute Gasteiger partial charge is 0.318 e. The second kappa shape index (κ2) is 3.74. The molecule has 2 amide bonds. The molecule has 3 N–H and O–H groups in total. The Balaban J connectivity index is 2.13. The highest BCUT2D eigenvalue weighted by atomic mass is 16.5. The van der Waals surface area contributed by atoms with Crippen LogP contribution in [0.2, 0.25) is 0 Å². The molecule has 0 atom stereocenters. The minimum absolute atomic E-state index is 0.0253. The summed E-state index contributed by atoms with van der Waals surface area (Å²) in [6.45, 7) is 3.46. The van der Waals surface area contributed by atoms with Crippen molar-refractivity contribution in [2.75, 3.05) is 32.8 Å². The molecule has 0 aromatic heterocycles. The van der Waals surface area contributed by atoms with Gasteiger partial charge in [0.2, 0.25) is 0 Å². The van der Waals surface area contributed by atoms with Crippen LogP contribution < -0.4 is 11.1 Å². The van der Waals surface area contributed by atoms with Gasteiger partial charge in [-0.3, -0.25) is 0 Å². The van der Waals surface area contributed by atoms with E-state index in [0.717, 1.165) is 25.9 Å². The van der Waals surface area contributed by atoms with Crippen molar-refractivity contribution in [1.29, 1.82) is 0 Å². The molecule has 0 bridgehead atoms. The second-order valence-electron chi connectivity index (χ2n) is 3.92. The quantitative estimate of drug-likeness (QED) is 0.631. The molecule has 0 aromatic carbocycles. The molecule has 2 rings (SSSR count). The van der Waals surface area contributed by atoms with Crippen LogP contribution in [-0.4, -0.2) is 49.3 Å². The number of rotatable bonds is 2. The Kier molecular flexibility index (Phi) is 2.60. The fourth-order valence-electron chi connectivity index (χ4n) is 2.26. The van der Waals surface area contributed by atoms with E-state index in [9.17, 15) is 4.79 Å². The molecule has 0 unspecified atom stereocenters. The zero-order valence-corrected chi connectivity index (χ0v) is 8.29. The first-order valence-corrected chi connectivity index (χ1v) is 5.12. The Hall–Kier alpha value is -0.810. The van der Waals surface area contributed by atoms with Crippen LogP contribution in [0, 0.1) is 0 Å². The van der Waals surface area contributed by atoms with Gasteiger partial charge in [0.25, 0.3) is 0 Å². The normalized spacial score (nSPS) is 26.4. The highest BCUT2D eigenvalue weighted by Gasteiger charge is 2.41. The first kappa shape index (κ1) is 9.73. The van der Waals surface area contributed by atoms with Gasteiger partial charge in [-0.05, 0) is 12.8 Å². The minimum atomic E-state index is -0.154. The van der Waals surface area contributed by atoms with Crippen molar-refractivity contribution in [3.05, 3.63) is 0 Å². The average Bonchev–Trinajstić information content (AvgIpc) is 2.66. The second-order valence-corrected chi connectivity index (χ2v) is 3.92. The predicted molar refractivity (Wildman–Crippen MR) is 51.9 cm³/mol. The van der Waals surface area contributed by atoms with Gasteiger partial charge in [0.05, 0.1) is 5.54 Å². The standard InChI is InChI=1S/C9H17N3O2/c10-7-9(1-5-14-6-2-9)12-4-3-11-8(12)13/h1-7,10H2,(H,11,13). The molecule has 2 heterocycles. The molecule has 0 aromatic rings. The van der Waals surface area contributed by atoms with Crippen molar-refractivity contribution < 1.29 is 9.53 Å². The van der Waals surface area contributed by atoms with Crippen LogP contribution in [0.1, 0.15) is 12.8 Å². The van der Waals surface area contributed by atoms with Gasteiger partial charge in [0, 0.05) is 32.8 Å². The lowest BCUT2D eigenvalue weighted by molar-refractivity contribution is 0.00111. The summed E-state index contributed by atoms with van der Waals surface area (Å²) < 4.78 is 5.31. The number of hydrogen-bond acceptors (Lipinski definition) is 3. The summed E-state index contributed by atoms with van der Waals surface area (Å²) in [7, 11) is 0. The van der Waals surface area contributed by atoms with Crippen LogP contribution in [0.3, 0.4) is 0 Å². The molecule has 2 saturated heterocycles. The molecule has 5 nitrogen and oxygen atoms in total. The van der Waals surface area contributed by atoms with Crippen LogP contribution in [-0.2, 0) is 4.74 Å². The number of ether oxygens (including phenoxy) is 1. The lowest BCUT2D eigenvalue weighted by Crippen LogP contribution is -2.57. The Labute approximate surface area is 83.6 Å². The zero-order valence-electron chi connectivity index (χ0n) is 8.29. The van der Waals surface area contributed by atoms with E-state index in [1.54, 1.807) is 0 Å². The molecule has 14 heavy (non-hydrogen) atoms. The maximum atomic E-state index is 11.6. The summed E-state index contributed by atoms with van der Waals surface area (Å²) in [6, 6.07) is 0.0253. The summed E-state index contributed by atoms with van der Waals surface area (Å²) in [4.78, 5) is 13.4. The molecule has 0 radical (unpaired) electrons. The third-order valence-corrected chi connectivity index (χ3v) is 3.23. The molecule has 80 valence electrons. The van der Waals surface area contributed by atoms with Crippen molar-refractivity contribution in [2.24, 2.45) is 5.73 Å². The lowest BCUT2D eigenvalue weighted by atomic mass is 9.88. The molecule has 0 saturated carbocycles. The summed E-state index contributed by atoms with van der Waals surface area (Å²) in [5, 5.41) is 2.82. The van der Waals surface area contributed by atoms with E-state index in [4.69, 9.17) is 10.5 Å². The maximum Gasteiger partial charge on any atom is 0.318 e. The molecule has 2 aliphatic heterocycles. The lowest BCUT2D eigenvalue weighted by Gasteiger charge is -2.42. The first-order valence-electron chi connectivity index (χ1n) is 5.12.